The van der Waals surface area contributed by atoms with Crippen molar-refractivity contribution in [3.8, 4) is 10.7 Å². The van der Waals surface area contributed by atoms with Gasteiger partial charge < -0.3 is 9.88 Å². The molecule has 0 fully saturated rings. The van der Waals surface area contributed by atoms with E-state index in [1.807, 2.05) is 48.2 Å². The number of hydrogen-bond donors (Lipinski definition) is 1. The molecule has 0 atom stereocenters. The molecule has 0 spiro atoms. The molecule has 0 saturated carbocycles. The Hall–Kier alpha value is -2.44. The highest BCUT2D eigenvalue weighted by molar-refractivity contribution is 7.14. The lowest BCUT2D eigenvalue weighted by molar-refractivity contribution is 0.660. The molecular weight excluding hydrogens is 354 g/mol. The maximum absolute atomic E-state index is 6.26. The van der Waals surface area contributed by atoms with Crippen molar-refractivity contribution < 1.29 is 0 Å². The molecule has 1 aromatic carbocycles. The van der Waals surface area contributed by atoms with Crippen LogP contribution in [0.15, 0.2) is 54.4 Å². The number of benzene rings is 1. The van der Waals surface area contributed by atoms with Gasteiger partial charge in [-0.25, -0.2) is 15.0 Å². The smallest absolute Gasteiger partial charge is 0.173 e. The van der Waals surface area contributed by atoms with E-state index in [2.05, 4.69) is 19.9 Å². The number of anilines is 1. The molecule has 0 aliphatic heterocycles. The van der Waals surface area contributed by atoms with Gasteiger partial charge in [0.25, 0.3) is 0 Å². The Morgan fingerprint density at radius 1 is 1.16 bits per heavy atom. The predicted molar refractivity (Wildman–Crippen MR) is 103 cm³/mol. The van der Waals surface area contributed by atoms with Crippen LogP contribution >= 0.6 is 22.9 Å². The minimum absolute atomic E-state index is 0.663. The molecule has 1 N–H and O–H groups in total. The van der Waals surface area contributed by atoms with E-state index in [0.717, 1.165) is 41.1 Å². The summed E-state index contributed by atoms with van der Waals surface area (Å²) >= 11 is 7.81. The van der Waals surface area contributed by atoms with Crippen LogP contribution < -0.4 is 5.32 Å². The SMILES string of the molecule is Clc1ccsc1-c1nc(NCCCn2ccnc2)c2ccccc2n1. The summed E-state index contributed by atoms with van der Waals surface area (Å²) < 4.78 is 2.07. The molecule has 5 nitrogen and oxygen atoms in total. The van der Waals surface area contributed by atoms with Crippen molar-refractivity contribution >= 4 is 39.7 Å². The van der Waals surface area contributed by atoms with Crippen LogP contribution in [-0.4, -0.2) is 26.1 Å². The summed E-state index contributed by atoms with van der Waals surface area (Å²) in [4.78, 5) is 14.3. The zero-order valence-corrected chi connectivity index (χ0v) is 15.0. The van der Waals surface area contributed by atoms with Crippen LogP contribution in [0, 0.1) is 0 Å². The quantitative estimate of drug-likeness (QED) is 0.500. The molecule has 0 saturated heterocycles. The second-order valence-corrected chi connectivity index (χ2v) is 6.91. The van der Waals surface area contributed by atoms with Crippen LogP contribution in [0.4, 0.5) is 5.82 Å². The van der Waals surface area contributed by atoms with Crippen molar-refractivity contribution in [1.29, 1.82) is 0 Å². The van der Waals surface area contributed by atoms with Gasteiger partial charge in [0.1, 0.15) is 5.82 Å². The number of nitrogens with zero attached hydrogens (tertiary/aromatic N) is 4. The number of hydrogen-bond acceptors (Lipinski definition) is 5. The first-order valence-electron chi connectivity index (χ1n) is 8.01. The molecule has 4 aromatic rings. The number of rotatable bonds is 6. The summed E-state index contributed by atoms with van der Waals surface area (Å²) in [5.74, 6) is 1.51. The van der Waals surface area contributed by atoms with Crippen molar-refractivity contribution in [2.24, 2.45) is 0 Å². The first kappa shape index (κ1) is 16.1. The zero-order chi connectivity index (χ0) is 17.1. The van der Waals surface area contributed by atoms with E-state index < -0.39 is 0 Å². The molecule has 3 heterocycles. The number of para-hydroxylation sites is 1. The number of fused-ring (bicyclic) bond motifs is 1. The Bertz CT molecular complexity index is 980. The van der Waals surface area contributed by atoms with Gasteiger partial charge in [0.05, 0.1) is 21.7 Å². The van der Waals surface area contributed by atoms with Gasteiger partial charge in [-0.15, -0.1) is 11.3 Å². The van der Waals surface area contributed by atoms with E-state index in [9.17, 15) is 0 Å². The maximum Gasteiger partial charge on any atom is 0.173 e. The molecule has 25 heavy (non-hydrogen) atoms. The summed E-state index contributed by atoms with van der Waals surface area (Å²) in [5, 5.41) is 7.10. The molecular formula is C18H16ClN5S. The lowest BCUT2D eigenvalue weighted by Crippen LogP contribution is -2.08. The van der Waals surface area contributed by atoms with E-state index >= 15 is 0 Å². The number of nitrogens with one attached hydrogen (secondary N) is 1. The third-order valence-corrected chi connectivity index (χ3v) is 5.21. The number of thiophene rings is 1. The minimum atomic E-state index is 0.663. The minimum Gasteiger partial charge on any atom is -0.369 e. The topological polar surface area (TPSA) is 55.6 Å². The van der Waals surface area contributed by atoms with Gasteiger partial charge in [0.15, 0.2) is 5.82 Å². The average molecular weight is 370 g/mol. The van der Waals surface area contributed by atoms with Crippen molar-refractivity contribution in [2.75, 3.05) is 11.9 Å². The molecule has 4 rings (SSSR count). The monoisotopic (exact) mass is 369 g/mol. The summed E-state index contributed by atoms with van der Waals surface area (Å²) in [6.45, 7) is 1.73. The molecule has 0 radical (unpaired) electrons. The molecule has 0 unspecified atom stereocenters. The molecule has 3 aromatic heterocycles. The summed E-state index contributed by atoms with van der Waals surface area (Å²) in [5.41, 5.74) is 0.911. The molecule has 0 aliphatic carbocycles. The average Bonchev–Trinajstić information content (AvgIpc) is 3.30. The van der Waals surface area contributed by atoms with Gasteiger partial charge in [0, 0.05) is 30.9 Å². The first-order valence-corrected chi connectivity index (χ1v) is 9.27. The van der Waals surface area contributed by atoms with Gasteiger partial charge in [-0.3, -0.25) is 0 Å². The Kier molecular flexibility index (Phi) is 4.63. The molecule has 0 aliphatic rings. The van der Waals surface area contributed by atoms with E-state index in [1.54, 1.807) is 17.5 Å². The Morgan fingerprint density at radius 3 is 2.88 bits per heavy atom. The zero-order valence-electron chi connectivity index (χ0n) is 13.4. The first-order chi connectivity index (χ1) is 12.3. The second-order valence-electron chi connectivity index (χ2n) is 5.59. The number of aryl methyl sites for hydroxylation is 1. The van der Waals surface area contributed by atoms with Crippen LogP contribution in [-0.2, 0) is 6.54 Å². The number of aromatic nitrogens is 4. The van der Waals surface area contributed by atoms with Gasteiger partial charge in [0.2, 0.25) is 0 Å². The van der Waals surface area contributed by atoms with Gasteiger partial charge in [-0.2, -0.15) is 0 Å². The van der Waals surface area contributed by atoms with Gasteiger partial charge in [-0.05, 0) is 30.0 Å². The maximum atomic E-state index is 6.26. The standard InChI is InChI=1S/C18H16ClN5S/c19-14-6-11-25-16(14)18-22-15-5-2-1-4-13(15)17(23-18)21-7-3-9-24-10-8-20-12-24/h1-2,4-6,8,10-12H,3,7,9H2,(H,21,22,23). The van der Waals surface area contributed by atoms with E-state index in [1.165, 1.54) is 0 Å². The summed E-state index contributed by atoms with van der Waals surface area (Å²) in [6.07, 6.45) is 6.57. The number of halogens is 1. The highest BCUT2D eigenvalue weighted by Crippen LogP contribution is 2.33. The Balaban J connectivity index is 1.59. The van der Waals surface area contributed by atoms with Crippen LogP contribution in [0.5, 0.6) is 0 Å². The van der Waals surface area contributed by atoms with Crippen molar-refractivity contribution in [2.45, 2.75) is 13.0 Å². The fourth-order valence-electron chi connectivity index (χ4n) is 2.65. The second kappa shape index (κ2) is 7.21. The fourth-order valence-corrected chi connectivity index (χ4v) is 3.73. The van der Waals surface area contributed by atoms with Crippen LogP contribution in [0.25, 0.3) is 21.6 Å². The van der Waals surface area contributed by atoms with E-state index in [0.29, 0.717) is 10.8 Å². The molecule has 7 heteroatoms. The predicted octanol–water partition coefficient (Wildman–Crippen LogP) is 4.71. The van der Waals surface area contributed by atoms with Crippen LogP contribution in [0.2, 0.25) is 5.02 Å². The molecule has 0 amide bonds. The van der Waals surface area contributed by atoms with Crippen molar-refractivity contribution in [3.05, 3.63) is 59.5 Å². The van der Waals surface area contributed by atoms with E-state index in [4.69, 9.17) is 16.6 Å². The molecule has 126 valence electrons. The largest absolute Gasteiger partial charge is 0.369 e. The Morgan fingerprint density at radius 2 is 2.08 bits per heavy atom. The summed E-state index contributed by atoms with van der Waals surface area (Å²) in [6, 6.07) is 9.89. The van der Waals surface area contributed by atoms with Gasteiger partial charge in [-0.1, -0.05) is 23.7 Å². The van der Waals surface area contributed by atoms with Crippen LogP contribution in [0.1, 0.15) is 6.42 Å². The fraction of sp³-hybridized carbons (Fsp3) is 0.167. The number of imidazole rings is 1. The van der Waals surface area contributed by atoms with Crippen molar-refractivity contribution in [3.63, 3.8) is 0 Å². The Labute approximate surface area is 154 Å². The lowest BCUT2D eigenvalue weighted by Gasteiger charge is -2.11. The van der Waals surface area contributed by atoms with Gasteiger partial charge >= 0.3 is 0 Å². The van der Waals surface area contributed by atoms with Crippen LogP contribution in [0.3, 0.4) is 0 Å². The highest BCUT2D eigenvalue weighted by Gasteiger charge is 2.12. The third kappa shape index (κ3) is 3.50. The summed E-state index contributed by atoms with van der Waals surface area (Å²) in [7, 11) is 0. The third-order valence-electron chi connectivity index (χ3n) is 3.87. The molecule has 0 bridgehead atoms. The normalized spacial score (nSPS) is 11.1. The van der Waals surface area contributed by atoms with Crippen molar-refractivity contribution in [1.82, 2.24) is 19.5 Å². The van der Waals surface area contributed by atoms with E-state index in [-0.39, 0.29) is 0 Å². The highest BCUT2D eigenvalue weighted by atomic mass is 35.5. The lowest BCUT2D eigenvalue weighted by atomic mass is 10.2.